The van der Waals surface area contributed by atoms with Gasteiger partial charge in [0.05, 0.1) is 5.41 Å². The molecule has 350 valence electrons. The number of hydrogen-bond acceptors (Lipinski definition) is 2. The predicted octanol–water partition coefficient (Wildman–Crippen LogP) is 19.8. The summed E-state index contributed by atoms with van der Waals surface area (Å²) < 4.78 is 0. The fourth-order valence-corrected chi connectivity index (χ4v) is 12.9. The summed E-state index contributed by atoms with van der Waals surface area (Å²) in [5.74, 6) is 0. The molecule has 0 bridgehead atoms. The van der Waals surface area contributed by atoms with Gasteiger partial charge >= 0.3 is 0 Å². The molecule has 0 aliphatic heterocycles. The van der Waals surface area contributed by atoms with E-state index >= 15 is 0 Å². The van der Waals surface area contributed by atoms with Crippen molar-refractivity contribution in [1.82, 2.24) is 0 Å². The molecule has 1 spiro atoms. The molecule has 0 saturated heterocycles. The van der Waals surface area contributed by atoms with E-state index in [1.165, 1.54) is 99.1 Å². The maximum atomic E-state index is 2.48. The van der Waals surface area contributed by atoms with E-state index in [0.29, 0.717) is 0 Å². The number of fused-ring (bicyclic) bond motifs is 13. The van der Waals surface area contributed by atoms with Crippen LogP contribution in [0, 0.1) is 0 Å². The van der Waals surface area contributed by atoms with Crippen LogP contribution in [0.25, 0.3) is 76.8 Å². The molecule has 0 radical (unpaired) electrons. The number of rotatable bonds is 8. The zero-order valence-corrected chi connectivity index (χ0v) is 41.1. The lowest BCUT2D eigenvalue weighted by molar-refractivity contribution is 0.793. The molecule has 0 N–H and O–H groups in total. The summed E-state index contributed by atoms with van der Waals surface area (Å²) in [5.41, 5.74) is 21.7. The van der Waals surface area contributed by atoms with E-state index in [4.69, 9.17) is 0 Å². The van der Waals surface area contributed by atoms with E-state index in [1.807, 2.05) is 0 Å². The van der Waals surface area contributed by atoms with Gasteiger partial charge in [0, 0.05) is 34.1 Å². The highest BCUT2D eigenvalue weighted by molar-refractivity contribution is 6.21. The normalized spacial score (nSPS) is 12.6. The molecular weight excluding hydrogens is 905 g/mol. The van der Waals surface area contributed by atoms with Gasteiger partial charge in [-0.15, -0.1) is 0 Å². The minimum Gasteiger partial charge on any atom is -0.310 e. The highest BCUT2D eigenvalue weighted by Gasteiger charge is 2.51. The second-order valence-corrected chi connectivity index (χ2v) is 19.9. The fourth-order valence-electron chi connectivity index (χ4n) is 12.9. The first-order valence-electron chi connectivity index (χ1n) is 26.0. The molecule has 0 atom stereocenters. The predicted molar refractivity (Wildman–Crippen MR) is 315 cm³/mol. The van der Waals surface area contributed by atoms with E-state index in [-0.39, 0.29) is 0 Å². The summed E-state index contributed by atoms with van der Waals surface area (Å²) in [4.78, 5) is 4.78. The van der Waals surface area contributed by atoms with Crippen LogP contribution >= 0.6 is 0 Å². The summed E-state index contributed by atoms with van der Waals surface area (Å²) >= 11 is 0. The average molecular weight is 953 g/mol. The molecule has 0 unspecified atom stereocenters. The van der Waals surface area contributed by atoms with Crippen molar-refractivity contribution in [2.75, 3.05) is 9.80 Å². The third-order valence-electron chi connectivity index (χ3n) is 16.0. The fraction of sp³-hybridized carbons (Fsp3) is 0.0137. The Morgan fingerprint density at radius 3 is 1.01 bits per heavy atom. The lowest BCUT2D eigenvalue weighted by Crippen LogP contribution is -2.26. The van der Waals surface area contributed by atoms with Crippen molar-refractivity contribution in [3.63, 3.8) is 0 Å². The average Bonchev–Trinajstić information content (AvgIpc) is 4.18. The Kier molecular flexibility index (Phi) is 9.83. The largest absolute Gasteiger partial charge is 0.310 e. The van der Waals surface area contributed by atoms with Crippen molar-refractivity contribution in [1.29, 1.82) is 0 Å². The topological polar surface area (TPSA) is 6.48 Å². The van der Waals surface area contributed by atoms with Gasteiger partial charge in [0.15, 0.2) is 0 Å². The molecule has 0 aromatic heterocycles. The molecule has 0 saturated carbocycles. The molecule has 13 aromatic carbocycles. The number of benzene rings is 13. The SMILES string of the molecule is c1ccc(N(c2ccc(-c3c4ccccc4c(-c4ccc(N(c5ccccc5)c5ccc6ccccc6c5)cc4)c4ccccc34)cc2)c2ccc3c(c2)C2(c4ccccc4-c4ccccc42)c2ccccc2-3)cc1. The van der Waals surface area contributed by atoms with Gasteiger partial charge in [0.1, 0.15) is 0 Å². The zero-order chi connectivity index (χ0) is 49.5. The molecule has 0 fully saturated rings. The molecule has 2 aliphatic rings. The van der Waals surface area contributed by atoms with E-state index in [2.05, 4.69) is 301 Å². The van der Waals surface area contributed by atoms with Gasteiger partial charge in [-0.2, -0.15) is 0 Å². The quantitative estimate of drug-likeness (QED) is 0.140. The molecule has 15 rings (SSSR count). The zero-order valence-electron chi connectivity index (χ0n) is 41.1. The smallest absolute Gasteiger partial charge is 0.0726 e. The van der Waals surface area contributed by atoms with E-state index < -0.39 is 5.41 Å². The number of anilines is 6. The first-order valence-corrected chi connectivity index (χ1v) is 26.0. The maximum Gasteiger partial charge on any atom is 0.0726 e. The van der Waals surface area contributed by atoms with Gasteiger partial charge in [0.2, 0.25) is 0 Å². The lowest BCUT2D eigenvalue weighted by atomic mass is 9.70. The highest BCUT2D eigenvalue weighted by Crippen LogP contribution is 2.63. The van der Waals surface area contributed by atoms with Gasteiger partial charge in [-0.1, -0.05) is 218 Å². The standard InChI is InChI=1S/C73H48N2/c1-3-21-53(22-4-1)74(57-44-35-49-19-7-8-20-52(49)47-57)55-40-36-50(37-41-55)71-63-28-9-11-30-65(63)72(66-31-12-10-29-64(66)71)51-38-42-56(43-39-51)75(54-23-5-2-6-24-54)58-45-46-62-61-27-15-18-34-69(61)73(70(62)48-58)67-32-16-13-25-59(67)60-26-14-17-33-68(60)73/h1-48H. The van der Waals surface area contributed by atoms with Gasteiger partial charge in [-0.05, 0) is 172 Å². The van der Waals surface area contributed by atoms with Crippen molar-refractivity contribution in [2.24, 2.45) is 0 Å². The summed E-state index contributed by atoms with van der Waals surface area (Å²) in [6.07, 6.45) is 0. The van der Waals surface area contributed by atoms with E-state index in [9.17, 15) is 0 Å². The Bertz CT molecular complexity index is 4230. The molecule has 0 heterocycles. The van der Waals surface area contributed by atoms with Gasteiger partial charge in [-0.3, -0.25) is 0 Å². The first kappa shape index (κ1) is 42.9. The molecule has 0 amide bonds. The maximum absolute atomic E-state index is 2.48. The summed E-state index contributed by atoms with van der Waals surface area (Å²) in [5, 5.41) is 7.36. The van der Waals surface area contributed by atoms with Crippen molar-refractivity contribution >= 4 is 66.4 Å². The number of nitrogens with zero attached hydrogens (tertiary/aromatic N) is 2. The van der Waals surface area contributed by atoms with Crippen LogP contribution in [0.15, 0.2) is 291 Å². The summed E-state index contributed by atoms with van der Waals surface area (Å²) in [6, 6.07) is 107. The van der Waals surface area contributed by atoms with Crippen LogP contribution in [-0.2, 0) is 5.41 Å². The van der Waals surface area contributed by atoms with Crippen LogP contribution < -0.4 is 9.80 Å². The molecule has 13 aromatic rings. The van der Waals surface area contributed by atoms with Crippen molar-refractivity contribution in [3.05, 3.63) is 313 Å². The van der Waals surface area contributed by atoms with Crippen LogP contribution in [0.3, 0.4) is 0 Å². The Morgan fingerprint density at radius 2 is 0.547 bits per heavy atom. The molecule has 2 aliphatic carbocycles. The second kappa shape index (κ2) is 17.2. The summed E-state index contributed by atoms with van der Waals surface area (Å²) in [6.45, 7) is 0. The van der Waals surface area contributed by atoms with Crippen LogP contribution in [0.2, 0.25) is 0 Å². The van der Waals surface area contributed by atoms with Crippen LogP contribution in [0.5, 0.6) is 0 Å². The van der Waals surface area contributed by atoms with Crippen molar-refractivity contribution < 1.29 is 0 Å². The highest BCUT2D eigenvalue weighted by atomic mass is 15.1. The summed E-state index contributed by atoms with van der Waals surface area (Å²) in [7, 11) is 0. The van der Waals surface area contributed by atoms with Crippen LogP contribution in [0.4, 0.5) is 34.1 Å². The van der Waals surface area contributed by atoms with Gasteiger partial charge < -0.3 is 9.80 Å². The molecular formula is C73H48N2. The van der Waals surface area contributed by atoms with Crippen molar-refractivity contribution in [2.45, 2.75) is 5.41 Å². The number of hydrogen-bond donors (Lipinski definition) is 0. The number of para-hydroxylation sites is 2. The van der Waals surface area contributed by atoms with Crippen LogP contribution in [-0.4, -0.2) is 0 Å². The van der Waals surface area contributed by atoms with Gasteiger partial charge in [-0.25, -0.2) is 0 Å². The van der Waals surface area contributed by atoms with E-state index in [1.54, 1.807) is 0 Å². The minimum atomic E-state index is -0.432. The van der Waals surface area contributed by atoms with Crippen molar-refractivity contribution in [3.8, 4) is 44.5 Å². The Labute approximate surface area is 437 Å². The minimum absolute atomic E-state index is 0.432. The second-order valence-electron chi connectivity index (χ2n) is 19.9. The third kappa shape index (κ3) is 6.60. The molecule has 2 heteroatoms. The van der Waals surface area contributed by atoms with Gasteiger partial charge in [0.25, 0.3) is 0 Å². The Morgan fingerprint density at radius 1 is 0.213 bits per heavy atom. The van der Waals surface area contributed by atoms with E-state index in [0.717, 1.165) is 34.1 Å². The third-order valence-corrected chi connectivity index (χ3v) is 16.0. The lowest BCUT2D eigenvalue weighted by Gasteiger charge is -2.32. The molecule has 75 heavy (non-hydrogen) atoms. The Balaban J connectivity index is 0.845. The van der Waals surface area contributed by atoms with Crippen LogP contribution in [0.1, 0.15) is 22.3 Å². The Hall–Kier alpha value is -9.76. The molecule has 2 nitrogen and oxygen atoms in total. The first-order chi connectivity index (χ1) is 37.2. The monoisotopic (exact) mass is 952 g/mol.